The van der Waals surface area contributed by atoms with E-state index < -0.39 is 0 Å². The highest BCUT2D eigenvalue weighted by Gasteiger charge is 2.30. The smallest absolute Gasteiger partial charge is 0.225 e. The first-order chi connectivity index (χ1) is 5.94. The molecule has 1 atom stereocenters. The summed E-state index contributed by atoms with van der Waals surface area (Å²) in [6.45, 7) is 11.7. The minimum Gasteiger partial charge on any atom is -0.329 e. The molecule has 0 aromatic carbocycles. The molecule has 0 spiro atoms. The van der Waals surface area contributed by atoms with Crippen molar-refractivity contribution in [2.45, 2.75) is 30.3 Å². The maximum absolute atomic E-state index is 11.0. The Balaban J connectivity index is 2.60. The lowest BCUT2D eigenvalue weighted by molar-refractivity contribution is -0.118. The van der Waals surface area contributed by atoms with Gasteiger partial charge in [0.25, 0.3) is 0 Å². The monoisotopic (exact) mass is 197 g/mol. The van der Waals surface area contributed by atoms with E-state index in [0.717, 1.165) is 5.70 Å². The minimum absolute atomic E-state index is 0.0000926. The number of carbonyl (C=O) groups excluding carboxylic acids is 1. The van der Waals surface area contributed by atoms with Gasteiger partial charge in [0.1, 0.15) is 0 Å². The van der Waals surface area contributed by atoms with Crippen molar-refractivity contribution in [3.05, 3.63) is 24.9 Å². The van der Waals surface area contributed by atoms with Crippen LogP contribution in [-0.2, 0) is 4.79 Å². The molecule has 1 fully saturated rings. The maximum Gasteiger partial charge on any atom is 0.225 e. The van der Waals surface area contributed by atoms with Crippen LogP contribution in [0.5, 0.6) is 0 Å². The summed E-state index contributed by atoms with van der Waals surface area (Å²) in [5.41, 5.74) is 0.824. The quantitative estimate of drug-likeness (QED) is 0.702. The summed E-state index contributed by atoms with van der Waals surface area (Å²) < 4.78 is -0.0000926. The Morgan fingerprint density at radius 1 is 1.69 bits per heavy atom. The Labute approximate surface area is 83.5 Å². The average molecular weight is 197 g/mol. The van der Waals surface area contributed by atoms with Crippen LogP contribution in [0.3, 0.4) is 0 Å². The van der Waals surface area contributed by atoms with Crippen molar-refractivity contribution >= 4 is 17.7 Å². The number of nitrogens with one attached hydrogen (secondary N) is 1. The van der Waals surface area contributed by atoms with Crippen LogP contribution in [0.1, 0.15) is 20.3 Å². The van der Waals surface area contributed by atoms with E-state index in [4.69, 9.17) is 0 Å². The summed E-state index contributed by atoms with van der Waals surface area (Å²) in [5.74, 6) is 0.0716. The molecule has 3 heteroatoms. The Bertz CT molecular complexity index is 258. The van der Waals surface area contributed by atoms with Gasteiger partial charge in [-0.1, -0.05) is 12.7 Å². The SMILES string of the molecule is C=CC(C)(C)SC1CC(=O)NC1=C. The molecule has 1 N–H and O–H groups in total. The van der Waals surface area contributed by atoms with Crippen molar-refractivity contribution in [2.24, 2.45) is 0 Å². The average Bonchev–Trinajstić information content (AvgIpc) is 2.30. The summed E-state index contributed by atoms with van der Waals surface area (Å²) in [4.78, 5) is 11.0. The molecule has 1 heterocycles. The molecule has 0 saturated carbocycles. The van der Waals surface area contributed by atoms with Gasteiger partial charge in [-0.25, -0.2) is 0 Å². The molecule has 1 aliphatic rings. The van der Waals surface area contributed by atoms with Crippen LogP contribution in [-0.4, -0.2) is 15.9 Å². The Kier molecular flexibility index (Phi) is 2.86. The van der Waals surface area contributed by atoms with Gasteiger partial charge in [-0.15, -0.1) is 18.3 Å². The van der Waals surface area contributed by atoms with Crippen molar-refractivity contribution in [1.82, 2.24) is 5.32 Å². The zero-order valence-electron chi connectivity index (χ0n) is 8.09. The molecule has 0 radical (unpaired) electrons. The standard InChI is InChI=1S/C10H15NOS/c1-5-10(3,4)13-8-6-9(12)11-7(8)2/h5,8H,1-2,6H2,3-4H3,(H,11,12). The van der Waals surface area contributed by atoms with E-state index >= 15 is 0 Å². The predicted molar refractivity (Wildman–Crippen MR) is 57.6 cm³/mol. The first-order valence-corrected chi connectivity index (χ1v) is 5.12. The zero-order valence-corrected chi connectivity index (χ0v) is 8.91. The number of carbonyl (C=O) groups is 1. The van der Waals surface area contributed by atoms with E-state index in [0.29, 0.717) is 6.42 Å². The Morgan fingerprint density at radius 2 is 2.31 bits per heavy atom. The first kappa shape index (κ1) is 10.4. The van der Waals surface area contributed by atoms with Crippen LogP contribution in [0.4, 0.5) is 0 Å². The molecule has 1 unspecified atom stereocenters. The zero-order chi connectivity index (χ0) is 10.1. The molecule has 1 amide bonds. The second-order valence-corrected chi connectivity index (χ2v) is 5.55. The fourth-order valence-corrected chi connectivity index (χ4v) is 2.40. The molecule has 0 aromatic heterocycles. The molecule has 0 bridgehead atoms. The highest BCUT2D eigenvalue weighted by atomic mass is 32.2. The van der Waals surface area contributed by atoms with E-state index in [9.17, 15) is 4.79 Å². The molecule has 1 aliphatic heterocycles. The fraction of sp³-hybridized carbons (Fsp3) is 0.500. The topological polar surface area (TPSA) is 29.1 Å². The number of rotatable bonds is 3. The third-order valence-electron chi connectivity index (χ3n) is 2.00. The molecule has 0 aliphatic carbocycles. The van der Waals surface area contributed by atoms with Gasteiger partial charge in [0.15, 0.2) is 0 Å². The third-order valence-corrected chi connectivity index (χ3v) is 3.51. The van der Waals surface area contributed by atoms with Crippen molar-refractivity contribution in [3.63, 3.8) is 0 Å². The van der Waals surface area contributed by atoms with E-state index in [-0.39, 0.29) is 15.9 Å². The van der Waals surface area contributed by atoms with Gasteiger partial charge in [0.2, 0.25) is 5.91 Å². The van der Waals surface area contributed by atoms with Crippen molar-refractivity contribution in [3.8, 4) is 0 Å². The molecule has 1 saturated heterocycles. The molecular weight excluding hydrogens is 182 g/mol. The number of thioether (sulfide) groups is 1. The van der Waals surface area contributed by atoms with E-state index in [1.165, 1.54) is 0 Å². The lowest BCUT2D eigenvalue weighted by Gasteiger charge is -2.23. The van der Waals surface area contributed by atoms with Gasteiger partial charge in [-0.2, -0.15) is 0 Å². The molecule has 72 valence electrons. The summed E-state index contributed by atoms with van der Waals surface area (Å²) in [5, 5.41) is 2.92. The second kappa shape index (κ2) is 3.58. The summed E-state index contributed by atoms with van der Waals surface area (Å²) in [7, 11) is 0. The first-order valence-electron chi connectivity index (χ1n) is 4.24. The van der Waals surface area contributed by atoms with Crippen LogP contribution in [0.2, 0.25) is 0 Å². The van der Waals surface area contributed by atoms with Gasteiger partial charge in [-0.3, -0.25) is 4.79 Å². The van der Waals surface area contributed by atoms with Crippen LogP contribution >= 0.6 is 11.8 Å². The van der Waals surface area contributed by atoms with E-state index in [1.807, 2.05) is 6.08 Å². The van der Waals surface area contributed by atoms with Gasteiger partial charge in [0.05, 0.1) is 5.25 Å². The number of hydrogen-bond acceptors (Lipinski definition) is 2. The number of amides is 1. The Hall–Kier alpha value is -0.700. The number of hydrogen-bond donors (Lipinski definition) is 1. The highest BCUT2D eigenvalue weighted by molar-refractivity contribution is 8.01. The summed E-state index contributed by atoms with van der Waals surface area (Å²) in [6.07, 6.45) is 2.44. The van der Waals surface area contributed by atoms with Crippen LogP contribution in [0, 0.1) is 0 Å². The summed E-state index contributed by atoms with van der Waals surface area (Å²) >= 11 is 1.72. The fourth-order valence-electron chi connectivity index (χ4n) is 1.13. The van der Waals surface area contributed by atoms with Gasteiger partial charge >= 0.3 is 0 Å². The third kappa shape index (κ3) is 2.62. The molecular formula is C10H15NOS. The lowest BCUT2D eigenvalue weighted by atomic mass is 10.2. The largest absolute Gasteiger partial charge is 0.329 e. The second-order valence-electron chi connectivity index (χ2n) is 3.69. The van der Waals surface area contributed by atoms with Gasteiger partial charge in [0, 0.05) is 16.9 Å². The van der Waals surface area contributed by atoms with Crippen LogP contribution < -0.4 is 5.32 Å². The minimum atomic E-state index is -0.0000926. The van der Waals surface area contributed by atoms with E-state index in [2.05, 4.69) is 32.3 Å². The van der Waals surface area contributed by atoms with Crippen LogP contribution in [0.15, 0.2) is 24.9 Å². The molecule has 2 nitrogen and oxygen atoms in total. The maximum atomic E-state index is 11.0. The Morgan fingerprint density at radius 3 is 2.69 bits per heavy atom. The molecule has 1 rings (SSSR count). The van der Waals surface area contributed by atoms with Gasteiger partial charge in [-0.05, 0) is 13.8 Å². The normalized spacial score (nSPS) is 23.1. The van der Waals surface area contributed by atoms with E-state index in [1.54, 1.807) is 11.8 Å². The molecule has 0 aromatic rings. The summed E-state index contributed by atoms with van der Waals surface area (Å²) in [6, 6.07) is 0. The van der Waals surface area contributed by atoms with Crippen LogP contribution in [0.25, 0.3) is 0 Å². The molecule has 13 heavy (non-hydrogen) atoms. The van der Waals surface area contributed by atoms with Crippen molar-refractivity contribution < 1.29 is 4.79 Å². The lowest BCUT2D eigenvalue weighted by Crippen LogP contribution is -2.17. The highest BCUT2D eigenvalue weighted by Crippen LogP contribution is 2.35. The predicted octanol–water partition coefficient (Wildman–Crippen LogP) is 2.09. The van der Waals surface area contributed by atoms with Crippen molar-refractivity contribution in [1.29, 1.82) is 0 Å². The van der Waals surface area contributed by atoms with Crippen molar-refractivity contribution in [2.75, 3.05) is 0 Å². The van der Waals surface area contributed by atoms with Gasteiger partial charge < -0.3 is 5.32 Å².